The molecule has 0 amide bonds. The van der Waals surface area contributed by atoms with E-state index in [0.717, 1.165) is 0 Å². The van der Waals surface area contributed by atoms with Crippen LogP contribution in [-0.4, -0.2) is 49.4 Å². The van der Waals surface area contributed by atoms with E-state index in [1.807, 2.05) is 34.6 Å². The Labute approximate surface area is 174 Å². The Morgan fingerprint density at radius 1 is 1.28 bits per heavy atom. The summed E-state index contributed by atoms with van der Waals surface area (Å²) in [4.78, 5) is 37.4. The van der Waals surface area contributed by atoms with Gasteiger partial charge in [-0.1, -0.05) is 20.4 Å². The molecule has 0 saturated carbocycles. The largest absolute Gasteiger partial charge is 0.469 e. The number of hydrogen-bond acceptors (Lipinski definition) is 7. The zero-order valence-corrected chi connectivity index (χ0v) is 19.0. The number of methoxy groups -OCH3 is 1. The molecule has 0 aromatic carbocycles. The van der Waals surface area contributed by atoms with Gasteiger partial charge in [0.15, 0.2) is 12.2 Å². The molecule has 0 bridgehead atoms. The van der Waals surface area contributed by atoms with Crippen molar-refractivity contribution >= 4 is 17.9 Å². The van der Waals surface area contributed by atoms with Gasteiger partial charge in [0.05, 0.1) is 31.7 Å². The summed E-state index contributed by atoms with van der Waals surface area (Å²) in [5.41, 5.74) is -1.08. The van der Waals surface area contributed by atoms with Crippen molar-refractivity contribution in [3.8, 4) is 0 Å². The SMILES string of the molecule is C=C(C)[C@@H]1OC(=O)[C@](C)(COC(C)(C)C)[C@H]1OC(=O)C[C@H](CC(C)C)C(=O)OC. The molecular weight excluding hydrogens is 376 g/mol. The van der Waals surface area contributed by atoms with E-state index in [4.69, 9.17) is 18.9 Å². The summed E-state index contributed by atoms with van der Waals surface area (Å²) in [6.45, 7) is 16.8. The lowest BCUT2D eigenvalue weighted by Gasteiger charge is -2.32. The molecule has 0 spiro atoms. The molecule has 0 radical (unpaired) electrons. The number of rotatable bonds is 9. The monoisotopic (exact) mass is 412 g/mol. The highest BCUT2D eigenvalue weighted by atomic mass is 16.6. The summed E-state index contributed by atoms with van der Waals surface area (Å²) in [5, 5.41) is 0. The Morgan fingerprint density at radius 2 is 1.86 bits per heavy atom. The zero-order chi connectivity index (χ0) is 22.6. The fourth-order valence-corrected chi connectivity index (χ4v) is 3.21. The predicted octanol–water partition coefficient (Wildman–Crippen LogP) is 3.45. The first-order chi connectivity index (χ1) is 13.2. The first-order valence-corrected chi connectivity index (χ1v) is 9.99. The van der Waals surface area contributed by atoms with Crippen molar-refractivity contribution in [3.63, 3.8) is 0 Å². The van der Waals surface area contributed by atoms with Gasteiger partial charge >= 0.3 is 17.9 Å². The molecule has 1 saturated heterocycles. The lowest BCUT2D eigenvalue weighted by atomic mass is 9.83. The van der Waals surface area contributed by atoms with E-state index in [9.17, 15) is 14.4 Å². The van der Waals surface area contributed by atoms with Crippen LogP contribution in [-0.2, 0) is 33.3 Å². The van der Waals surface area contributed by atoms with Crippen LogP contribution < -0.4 is 0 Å². The van der Waals surface area contributed by atoms with Crippen molar-refractivity contribution in [3.05, 3.63) is 12.2 Å². The number of hydrogen-bond donors (Lipinski definition) is 0. The van der Waals surface area contributed by atoms with Crippen LogP contribution in [0.4, 0.5) is 0 Å². The van der Waals surface area contributed by atoms with Crippen molar-refractivity contribution in [2.24, 2.45) is 17.3 Å². The summed E-state index contributed by atoms with van der Waals surface area (Å²) < 4.78 is 21.8. The first kappa shape index (κ1) is 25.1. The third kappa shape index (κ3) is 6.84. The minimum Gasteiger partial charge on any atom is -0.469 e. The summed E-state index contributed by atoms with van der Waals surface area (Å²) in [7, 11) is 1.29. The summed E-state index contributed by atoms with van der Waals surface area (Å²) in [5.74, 6) is -1.94. The van der Waals surface area contributed by atoms with Crippen LogP contribution in [0.3, 0.4) is 0 Å². The lowest BCUT2D eigenvalue weighted by molar-refractivity contribution is -0.166. The van der Waals surface area contributed by atoms with E-state index in [2.05, 4.69) is 6.58 Å². The molecule has 1 aliphatic heterocycles. The highest BCUT2D eigenvalue weighted by Gasteiger charge is 2.57. The van der Waals surface area contributed by atoms with Gasteiger partial charge in [0.1, 0.15) is 5.41 Å². The lowest BCUT2D eigenvalue weighted by Crippen LogP contribution is -2.45. The maximum Gasteiger partial charge on any atom is 0.318 e. The van der Waals surface area contributed by atoms with Gasteiger partial charge in [-0.15, -0.1) is 0 Å². The molecule has 1 fully saturated rings. The van der Waals surface area contributed by atoms with Crippen molar-refractivity contribution in [2.45, 2.75) is 79.1 Å². The van der Waals surface area contributed by atoms with Crippen molar-refractivity contribution in [1.29, 1.82) is 0 Å². The highest BCUT2D eigenvalue weighted by Crippen LogP contribution is 2.40. The zero-order valence-electron chi connectivity index (χ0n) is 19.0. The fourth-order valence-electron chi connectivity index (χ4n) is 3.21. The molecule has 1 aliphatic rings. The van der Waals surface area contributed by atoms with Crippen molar-refractivity contribution in [1.82, 2.24) is 0 Å². The summed E-state index contributed by atoms with van der Waals surface area (Å²) in [6.07, 6.45) is -1.29. The Balaban J connectivity index is 3.04. The second kappa shape index (κ2) is 9.74. The molecule has 4 atom stereocenters. The van der Waals surface area contributed by atoms with Gasteiger partial charge in [-0.2, -0.15) is 0 Å². The Bertz CT molecular complexity index is 632. The molecule has 29 heavy (non-hydrogen) atoms. The van der Waals surface area contributed by atoms with Crippen LogP contribution in [0.1, 0.15) is 61.3 Å². The molecule has 7 nitrogen and oxygen atoms in total. The van der Waals surface area contributed by atoms with Crippen LogP contribution in [0, 0.1) is 17.3 Å². The average molecular weight is 413 g/mol. The molecule has 0 aliphatic carbocycles. The Kier molecular flexibility index (Phi) is 8.45. The summed E-state index contributed by atoms with van der Waals surface area (Å²) in [6, 6.07) is 0. The number of esters is 3. The van der Waals surface area contributed by atoms with E-state index in [-0.39, 0.29) is 18.9 Å². The average Bonchev–Trinajstić information content (AvgIpc) is 2.83. The van der Waals surface area contributed by atoms with Crippen LogP contribution in [0.15, 0.2) is 12.2 Å². The van der Waals surface area contributed by atoms with Gasteiger partial charge in [-0.25, -0.2) is 0 Å². The summed E-state index contributed by atoms with van der Waals surface area (Å²) >= 11 is 0. The molecule has 0 N–H and O–H groups in total. The number of ether oxygens (including phenoxy) is 4. The van der Waals surface area contributed by atoms with E-state index in [0.29, 0.717) is 12.0 Å². The topological polar surface area (TPSA) is 88.1 Å². The highest BCUT2D eigenvalue weighted by molar-refractivity contribution is 5.83. The normalized spacial score (nSPS) is 25.5. The molecule has 0 aromatic rings. The van der Waals surface area contributed by atoms with E-state index in [1.165, 1.54) is 7.11 Å². The minimum absolute atomic E-state index is 0.0312. The molecule has 0 aromatic heterocycles. The van der Waals surface area contributed by atoms with Crippen LogP contribution in [0.2, 0.25) is 0 Å². The van der Waals surface area contributed by atoms with Gasteiger partial charge in [0.2, 0.25) is 0 Å². The molecular formula is C22H36O7. The van der Waals surface area contributed by atoms with E-state index < -0.39 is 47.0 Å². The van der Waals surface area contributed by atoms with Crippen LogP contribution >= 0.6 is 0 Å². The van der Waals surface area contributed by atoms with Gasteiger partial charge in [-0.05, 0) is 52.5 Å². The van der Waals surface area contributed by atoms with Gasteiger partial charge in [-0.3, -0.25) is 14.4 Å². The van der Waals surface area contributed by atoms with Gasteiger partial charge in [0, 0.05) is 0 Å². The molecule has 0 unspecified atom stereocenters. The molecule has 1 heterocycles. The van der Waals surface area contributed by atoms with Crippen molar-refractivity contribution in [2.75, 3.05) is 13.7 Å². The van der Waals surface area contributed by atoms with Gasteiger partial charge in [0.25, 0.3) is 0 Å². The minimum atomic E-state index is -1.18. The quantitative estimate of drug-likeness (QED) is 0.326. The van der Waals surface area contributed by atoms with E-state index in [1.54, 1.807) is 13.8 Å². The molecule has 1 rings (SSSR count). The predicted molar refractivity (Wildman–Crippen MR) is 108 cm³/mol. The molecule has 7 heteroatoms. The van der Waals surface area contributed by atoms with Crippen LogP contribution in [0.5, 0.6) is 0 Å². The second-order valence-electron chi connectivity index (χ2n) is 9.45. The van der Waals surface area contributed by atoms with Crippen LogP contribution in [0.25, 0.3) is 0 Å². The van der Waals surface area contributed by atoms with Crippen molar-refractivity contribution < 1.29 is 33.3 Å². The third-order valence-electron chi connectivity index (χ3n) is 4.86. The number of carbonyl (C=O) groups excluding carboxylic acids is 3. The number of carbonyl (C=O) groups is 3. The maximum absolute atomic E-state index is 12.7. The Hall–Kier alpha value is -1.89. The van der Waals surface area contributed by atoms with Gasteiger partial charge < -0.3 is 18.9 Å². The smallest absolute Gasteiger partial charge is 0.318 e. The molecule has 166 valence electrons. The fraction of sp³-hybridized carbons (Fsp3) is 0.773. The number of cyclic esters (lactones) is 1. The standard InChI is InChI=1S/C22H36O7/c1-13(2)10-15(19(24)26-9)11-16(23)28-18-17(14(3)4)29-20(25)22(18,8)12-27-21(5,6)7/h13,15,17-18H,3,10-12H2,1-2,4-9H3/t15-,17-,18-,22+/m0/s1. The third-order valence-corrected chi connectivity index (χ3v) is 4.86. The van der Waals surface area contributed by atoms with E-state index >= 15 is 0 Å². The Morgan fingerprint density at radius 3 is 2.31 bits per heavy atom. The maximum atomic E-state index is 12.7. The first-order valence-electron chi connectivity index (χ1n) is 9.99. The second-order valence-corrected chi connectivity index (χ2v) is 9.45.